The summed E-state index contributed by atoms with van der Waals surface area (Å²) in [6.45, 7) is 1.96. The summed E-state index contributed by atoms with van der Waals surface area (Å²) in [5.74, 6) is -0.368. The van der Waals surface area contributed by atoms with E-state index >= 15 is 0 Å². The van der Waals surface area contributed by atoms with Gasteiger partial charge in [0.15, 0.2) is 0 Å². The van der Waals surface area contributed by atoms with Crippen LogP contribution in [-0.4, -0.2) is 30.1 Å². The van der Waals surface area contributed by atoms with Gasteiger partial charge in [0.05, 0.1) is 12.4 Å². The summed E-state index contributed by atoms with van der Waals surface area (Å²) in [5, 5.41) is 8.25. The Morgan fingerprint density at radius 1 is 0.805 bits per heavy atom. The SMILES string of the molecule is CCC(Sc1cccc(NC(=O)/C(=C/c2cccc(OC)c2)NC(=O)c2ccccc2)c1)C(=O)Nc1ccccc1. The molecule has 208 valence electrons. The first-order valence-electron chi connectivity index (χ1n) is 13.1. The normalized spacial score (nSPS) is 11.7. The third kappa shape index (κ3) is 8.58. The molecular formula is C33H31N3O4S. The molecule has 4 rings (SSSR count). The zero-order chi connectivity index (χ0) is 29.0. The summed E-state index contributed by atoms with van der Waals surface area (Å²) in [6.07, 6.45) is 2.22. The number of amides is 3. The maximum Gasteiger partial charge on any atom is 0.272 e. The minimum atomic E-state index is -0.492. The van der Waals surface area contributed by atoms with E-state index in [2.05, 4.69) is 16.0 Å². The van der Waals surface area contributed by atoms with Gasteiger partial charge in [0, 0.05) is 21.8 Å². The fourth-order valence-corrected chi connectivity index (χ4v) is 4.93. The molecule has 0 heterocycles. The fourth-order valence-electron chi connectivity index (χ4n) is 3.92. The second kappa shape index (κ2) is 14.5. The molecule has 1 atom stereocenters. The lowest BCUT2D eigenvalue weighted by atomic mass is 10.1. The highest BCUT2D eigenvalue weighted by Gasteiger charge is 2.19. The molecule has 4 aromatic carbocycles. The highest BCUT2D eigenvalue weighted by Crippen LogP contribution is 2.29. The van der Waals surface area contributed by atoms with Crippen LogP contribution in [0.2, 0.25) is 0 Å². The Labute approximate surface area is 244 Å². The molecule has 4 aromatic rings. The van der Waals surface area contributed by atoms with Gasteiger partial charge in [-0.05, 0) is 72.7 Å². The molecule has 0 aromatic heterocycles. The van der Waals surface area contributed by atoms with E-state index < -0.39 is 11.8 Å². The van der Waals surface area contributed by atoms with Crippen molar-refractivity contribution in [2.75, 3.05) is 17.7 Å². The Bertz CT molecular complexity index is 1520. The Hall–Kier alpha value is -4.82. The van der Waals surface area contributed by atoms with E-state index in [1.54, 1.807) is 61.7 Å². The van der Waals surface area contributed by atoms with Crippen LogP contribution in [0.1, 0.15) is 29.3 Å². The molecule has 8 heteroatoms. The molecule has 0 bridgehead atoms. The van der Waals surface area contributed by atoms with Crippen molar-refractivity contribution in [3.8, 4) is 5.75 Å². The summed E-state index contributed by atoms with van der Waals surface area (Å²) < 4.78 is 5.30. The first kappa shape index (κ1) is 29.2. The standard InChI is InChI=1S/C33H31N3O4S/c1-3-30(33(39)34-25-15-8-5-9-16-25)41-28-19-11-17-26(22-28)35-32(38)29(21-23-12-10-18-27(20-23)40-2)36-31(37)24-13-6-4-7-14-24/h4-22,30H,3H2,1-2H3,(H,34,39)(H,35,38)(H,36,37)/b29-21-. The van der Waals surface area contributed by atoms with Gasteiger partial charge in [-0.15, -0.1) is 11.8 Å². The number of ether oxygens (including phenoxy) is 1. The summed E-state index contributed by atoms with van der Waals surface area (Å²) in [7, 11) is 1.56. The van der Waals surface area contributed by atoms with Crippen molar-refractivity contribution >= 4 is 46.9 Å². The minimum absolute atomic E-state index is 0.0684. The predicted octanol–water partition coefficient (Wildman–Crippen LogP) is 6.61. The number of rotatable bonds is 11. The van der Waals surface area contributed by atoms with Crippen LogP contribution in [0, 0.1) is 0 Å². The van der Waals surface area contributed by atoms with Crippen molar-refractivity contribution in [3.05, 3.63) is 126 Å². The lowest BCUT2D eigenvalue weighted by molar-refractivity contribution is -0.116. The monoisotopic (exact) mass is 565 g/mol. The maximum atomic E-state index is 13.4. The molecule has 0 saturated heterocycles. The number of anilines is 2. The summed E-state index contributed by atoms with van der Waals surface area (Å²) in [6, 6.07) is 32.5. The molecule has 0 fully saturated rings. The lowest BCUT2D eigenvalue weighted by Crippen LogP contribution is -2.30. The Balaban J connectivity index is 1.51. The molecule has 0 aliphatic rings. The van der Waals surface area contributed by atoms with E-state index in [1.165, 1.54) is 11.8 Å². The molecule has 0 saturated carbocycles. The summed E-state index contributed by atoms with van der Waals surface area (Å²) in [4.78, 5) is 40.1. The Morgan fingerprint density at radius 2 is 1.49 bits per heavy atom. The first-order chi connectivity index (χ1) is 19.9. The number of methoxy groups -OCH3 is 1. The molecule has 7 nitrogen and oxygen atoms in total. The van der Waals surface area contributed by atoms with Crippen molar-refractivity contribution in [2.24, 2.45) is 0 Å². The number of para-hydroxylation sites is 1. The van der Waals surface area contributed by atoms with Crippen LogP contribution in [0.3, 0.4) is 0 Å². The molecule has 41 heavy (non-hydrogen) atoms. The second-order valence-corrected chi connectivity index (χ2v) is 10.3. The lowest BCUT2D eigenvalue weighted by Gasteiger charge is -2.16. The van der Waals surface area contributed by atoms with Gasteiger partial charge in [0.1, 0.15) is 11.4 Å². The number of hydrogen-bond acceptors (Lipinski definition) is 5. The number of carbonyl (C=O) groups excluding carboxylic acids is 3. The topological polar surface area (TPSA) is 96.5 Å². The van der Waals surface area contributed by atoms with Crippen LogP contribution < -0.4 is 20.7 Å². The summed E-state index contributed by atoms with van der Waals surface area (Å²) in [5.41, 5.74) is 2.45. The molecule has 0 radical (unpaired) electrons. The van der Waals surface area contributed by atoms with Gasteiger partial charge in [-0.25, -0.2) is 0 Å². The molecule has 0 aliphatic heterocycles. The first-order valence-corrected chi connectivity index (χ1v) is 14.0. The van der Waals surface area contributed by atoms with Crippen molar-refractivity contribution in [1.29, 1.82) is 0 Å². The van der Waals surface area contributed by atoms with E-state index in [4.69, 9.17) is 4.74 Å². The number of hydrogen-bond donors (Lipinski definition) is 3. The predicted molar refractivity (Wildman–Crippen MR) is 165 cm³/mol. The third-order valence-corrected chi connectivity index (χ3v) is 7.37. The van der Waals surface area contributed by atoms with Crippen molar-refractivity contribution in [1.82, 2.24) is 5.32 Å². The van der Waals surface area contributed by atoms with Crippen molar-refractivity contribution < 1.29 is 19.1 Å². The molecule has 0 aliphatic carbocycles. The van der Waals surface area contributed by atoms with Gasteiger partial charge in [-0.2, -0.15) is 0 Å². The van der Waals surface area contributed by atoms with Gasteiger partial charge in [0.2, 0.25) is 5.91 Å². The van der Waals surface area contributed by atoms with Gasteiger partial charge in [-0.3, -0.25) is 14.4 Å². The van der Waals surface area contributed by atoms with E-state index in [-0.39, 0.29) is 16.9 Å². The van der Waals surface area contributed by atoms with Crippen LogP contribution in [-0.2, 0) is 9.59 Å². The largest absolute Gasteiger partial charge is 0.497 e. The van der Waals surface area contributed by atoms with Crippen LogP contribution in [0.4, 0.5) is 11.4 Å². The minimum Gasteiger partial charge on any atom is -0.497 e. The third-order valence-electron chi connectivity index (χ3n) is 6.01. The van der Waals surface area contributed by atoms with E-state index in [0.717, 1.165) is 10.6 Å². The average Bonchev–Trinajstić information content (AvgIpc) is 3.00. The van der Waals surface area contributed by atoms with Crippen LogP contribution in [0.5, 0.6) is 5.75 Å². The average molecular weight is 566 g/mol. The van der Waals surface area contributed by atoms with Crippen LogP contribution in [0.15, 0.2) is 120 Å². The highest BCUT2D eigenvalue weighted by molar-refractivity contribution is 8.00. The molecule has 3 N–H and O–H groups in total. The van der Waals surface area contributed by atoms with Crippen LogP contribution >= 0.6 is 11.8 Å². The van der Waals surface area contributed by atoms with E-state index in [9.17, 15) is 14.4 Å². The highest BCUT2D eigenvalue weighted by atomic mass is 32.2. The van der Waals surface area contributed by atoms with E-state index in [0.29, 0.717) is 29.0 Å². The van der Waals surface area contributed by atoms with Crippen LogP contribution in [0.25, 0.3) is 6.08 Å². The number of carbonyl (C=O) groups is 3. The number of thioether (sulfide) groups is 1. The van der Waals surface area contributed by atoms with E-state index in [1.807, 2.05) is 67.6 Å². The van der Waals surface area contributed by atoms with Gasteiger partial charge in [-0.1, -0.05) is 61.5 Å². The fraction of sp³-hybridized carbons (Fsp3) is 0.121. The molecule has 3 amide bonds. The van der Waals surface area contributed by atoms with Gasteiger partial charge in [0.25, 0.3) is 11.8 Å². The van der Waals surface area contributed by atoms with Gasteiger partial charge < -0.3 is 20.7 Å². The molecule has 0 spiro atoms. The molecule has 1 unspecified atom stereocenters. The zero-order valence-corrected chi connectivity index (χ0v) is 23.6. The van der Waals surface area contributed by atoms with Crippen molar-refractivity contribution in [2.45, 2.75) is 23.5 Å². The second-order valence-electron chi connectivity index (χ2n) is 9.01. The summed E-state index contributed by atoms with van der Waals surface area (Å²) >= 11 is 1.42. The molecular weight excluding hydrogens is 534 g/mol. The Morgan fingerprint density at radius 3 is 2.20 bits per heavy atom. The van der Waals surface area contributed by atoms with Crippen molar-refractivity contribution in [3.63, 3.8) is 0 Å². The Kier molecular flexibility index (Phi) is 10.3. The van der Waals surface area contributed by atoms with Gasteiger partial charge >= 0.3 is 0 Å². The number of benzene rings is 4. The quantitative estimate of drug-likeness (QED) is 0.140. The smallest absolute Gasteiger partial charge is 0.272 e. The number of nitrogens with one attached hydrogen (secondary N) is 3. The maximum absolute atomic E-state index is 13.4. The zero-order valence-electron chi connectivity index (χ0n) is 22.8.